The number of amides is 1. The molecule has 174 valence electrons. The van der Waals surface area contributed by atoms with Gasteiger partial charge in [0.1, 0.15) is 6.07 Å². The number of Topliss-reactive ketones (excluding diaryl/α,β-unsaturated/α-hetero) is 1. The molecule has 0 aromatic heterocycles. The molecule has 6 rings (SSSR count). The van der Waals surface area contributed by atoms with Gasteiger partial charge in [0.05, 0.1) is 5.57 Å². The largest absolute Gasteiger partial charge is 0.342 e. The smallest absolute Gasteiger partial charge is 0.222 e. The molecule has 5 aliphatic carbocycles. The fourth-order valence-electron chi connectivity index (χ4n) is 8.89. The molecule has 4 fully saturated rings. The van der Waals surface area contributed by atoms with Crippen LogP contribution in [0.5, 0.6) is 0 Å². The van der Waals surface area contributed by atoms with E-state index in [1.54, 1.807) is 0 Å². The summed E-state index contributed by atoms with van der Waals surface area (Å²) in [4.78, 5) is 40.6. The molecule has 7 atom stereocenters. The van der Waals surface area contributed by atoms with Gasteiger partial charge >= 0.3 is 0 Å². The molecule has 0 radical (unpaired) electrons. The SMILES string of the molecule is N#CC1=CC2C3=CC(=O)C4C(CCC5(CN6CCCC6=O)CCCCC45)C3CCC2CC1=O. The van der Waals surface area contributed by atoms with E-state index < -0.39 is 0 Å². The predicted octanol–water partition coefficient (Wildman–Crippen LogP) is 4.39. The number of hydrogen-bond donors (Lipinski definition) is 0. The van der Waals surface area contributed by atoms with E-state index in [-0.39, 0.29) is 34.5 Å². The number of fused-ring (bicyclic) bond motifs is 7. The van der Waals surface area contributed by atoms with Crippen LogP contribution >= 0.6 is 0 Å². The van der Waals surface area contributed by atoms with Gasteiger partial charge in [-0.05, 0) is 80.1 Å². The zero-order chi connectivity index (χ0) is 22.7. The van der Waals surface area contributed by atoms with Crippen LogP contribution in [-0.2, 0) is 14.4 Å². The van der Waals surface area contributed by atoms with E-state index in [2.05, 4.69) is 11.0 Å². The summed E-state index contributed by atoms with van der Waals surface area (Å²) in [7, 11) is 0. The molecule has 1 heterocycles. The number of rotatable bonds is 2. The van der Waals surface area contributed by atoms with Crippen molar-refractivity contribution in [2.24, 2.45) is 40.9 Å². The summed E-state index contributed by atoms with van der Waals surface area (Å²) < 4.78 is 0. The lowest BCUT2D eigenvalue weighted by Gasteiger charge is -2.58. The summed E-state index contributed by atoms with van der Waals surface area (Å²) in [6.45, 7) is 1.74. The third-order valence-electron chi connectivity index (χ3n) is 10.3. The van der Waals surface area contributed by atoms with Gasteiger partial charge < -0.3 is 4.90 Å². The molecule has 33 heavy (non-hydrogen) atoms. The maximum Gasteiger partial charge on any atom is 0.222 e. The molecule has 0 N–H and O–H groups in total. The monoisotopic (exact) mass is 446 g/mol. The molecule has 0 aromatic rings. The van der Waals surface area contributed by atoms with Crippen LogP contribution < -0.4 is 0 Å². The number of likely N-dealkylation sites (tertiary alicyclic amines) is 1. The van der Waals surface area contributed by atoms with E-state index in [4.69, 9.17) is 0 Å². The van der Waals surface area contributed by atoms with Crippen LogP contribution in [0.25, 0.3) is 0 Å². The highest BCUT2D eigenvalue weighted by Gasteiger charge is 2.57. The van der Waals surface area contributed by atoms with E-state index in [1.165, 1.54) is 18.4 Å². The van der Waals surface area contributed by atoms with Crippen molar-refractivity contribution in [2.45, 2.75) is 70.6 Å². The first-order valence-electron chi connectivity index (χ1n) is 13.2. The molecule has 5 nitrogen and oxygen atoms in total. The van der Waals surface area contributed by atoms with E-state index >= 15 is 0 Å². The van der Waals surface area contributed by atoms with Gasteiger partial charge in [-0.25, -0.2) is 0 Å². The first-order chi connectivity index (χ1) is 16.0. The van der Waals surface area contributed by atoms with Gasteiger partial charge in [-0.2, -0.15) is 5.26 Å². The van der Waals surface area contributed by atoms with Crippen LogP contribution in [0.1, 0.15) is 70.6 Å². The highest BCUT2D eigenvalue weighted by Crippen LogP contribution is 2.61. The van der Waals surface area contributed by atoms with Crippen LogP contribution in [0.3, 0.4) is 0 Å². The van der Waals surface area contributed by atoms with Crippen molar-refractivity contribution in [3.8, 4) is 6.07 Å². The maximum atomic E-state index is 13.8. The summed E-state index contributed by atoms with van der Waals surface area (Å²) >= 11 is 0. The van der Waals surface area contributed by atoms with Crippen molar-refractivity contribution in [3.05, 3.63) is 23.3 Å². The normalized spacial score (nSPS) is 42.4. The highest BCUT2D eigenvalue weighted by molar-refractivity contribution is 6.00. The molecular weight excluding hydrogens is 412 g/mol. The predicted molar refractivity (Wildman–Crippen MR) is 123 cm³/mol. The Hall–Kier alpha value is -2.22. The van der Waals surface area contributed by atoms with Gasteiger partial charge in [0.2, 0.25) is 5.91 Å². The fraction of sp³-hybridized carbons (Fsp3) is 0.714. The molecule has 1 saturated heterocycles. The number of allylic oxidation sites excluding steroid dienone is 4. The Labute approximate surface area is 196 Å². The zero-order valence-electron chi connectivity index (χ0n) is 19.4. The van der Waals surface area contributed by atoms with Crippen molar-refractivity contribution in [2.75, 3.05) is 13.1 Å². The topological polar surface area (TPSA) is 78.2 Å². The van der Waals surface area contributed by atoms with E-state index in [1.807, 2.05) is 12.2 Å². The van der Waals surface area contributed by atoms with E-state index in [9.17, 15) is 19.6 Å². The molecule has 5 heteroatoms. The van der Waals surface area contributed by atoms with Crippen LogP contribution in [0.2, 0.25) is 0 Å². The molecule has 7 unspecified atom stereocenters. The number of nitrogens with zero attached hydrogens (tertiary/aromatic N) is 2. The fourth-order valence-corrected chi connectivity index (χ4v) is 8.89. The second-order valence-electron chi connectivity index (χ2n) is 11.7. The second kappa shape index (κ2) is 7.93. The average molecular weight is 447 g/mol. The van der Waals surface area contributed by atoms with Gasteiger partial charge in [-0.15, -0.1) is 0 Å². The van der Waals surface area contributed by atoms with Gasteiger partial charge in [-0.1, -0.05) is 24.5 Å². The first-order valence-corrected chi connectivity index (χ1v) is 13.2. The zero-order valence-corrected chi connectivity index (χ0v) is 19.4. The van der Waals surface area contributed by atoms with Crippen molar-refractivity contribution < 1.29 is 14.4 Å². The van der Waals surface area contributed by atoms with Gasteiger partial charge in [0, 0.05) is 37.8 Å². The Morgan fingerprint density at radius 2 is 1.94 bits per heavy atom. The molecule has 1 amide bonds. The lowest BCUT2D eigenvalue weighted by molar-refractivity contribution is -0.140. The minimum atomic E-state index is -0.0288. The molecule has 3 saturated carbocycles. The van der Waals surface area contributed by atoms with Crippen molar-refractivity contribution >= 4 is 17.5 Å². The van der Waals surface area contributed by atoms with Crippen molar-refractivity contribution in [1.29, 1.82) is 5.26 Å². The first kappa shape index (κ1) is 21.3. The molecule has 0 bridgehead atoms. The molecular formula is C28H34N2O3. The number of ketones is 2. The average Bonchev–Trinajstić information content (AvgIpc) is 3.22. The molecule has 0 spiro atoms. The summed E-state index contributed by atoms with van der Waals surface area (Å²) in [5, 5.41) is 9.43. The highest BCUT2D eigenvalue weighted by atomic mass is 16.2. The van der Waals surface area contributed by atoms with Crippen molar-refractivity contribution in [3.63, 3.8) is 0 Å². The Kier molecular flexibility index (Phi) is 5.12. The number of nitriles is 1. The Morgan fingerprint density at radius 3 is 2.73 bits per heavy atom. The Morgan fingerprint density at radius 1 is 1.06 bits per heavy atom. The number of carbonyl (C=O) groups excluding carboxylic acids is 3. The van der Waals surface area contributed by atoms with E-state index in [0.717, 1.165) is 58.0 Å². The minimum absolute atomic E-state index is 0.0288. The molecule has 0 aromatic carbocycles. The number of hydrogen-bond acceptors (Lipinski definition) is 4. The van der Waals surface area contributed by atoms with Crippen molar-refractivity contribution in [1.82, 2.24) is 4.90 Å². The summed E-state index contributed by atoms with van der Waals surface area (Å²) in [6.07, 6.45) is 14.9. The lowest BCUT2D eigenvalue weighted by Crippen LogP contribution is -2.56. The van der Waals surface area contributed by atoms with Crippen LogP contribution in [0.15, 0.2) is 23.3 Å². The molecule has 6 aliphatic rings. The van der Waals surface area contributed by atoms with Gasteiger partial charge in [-0.3, -0.25) is 14.4 Å². The van der Waals surface area contributed by atoms with Crippen LogP contribution in [0, 0.1) is 52.3 Å². The van der Waals surface area contributed by atoms with Gasteiger partial charge in [0.25, 0.3) is 0 Å². The summed E-state index contributed by atoms with van der Waals surface area (Å²) in [5.41, 5.74) is 1.62. The summed E-state index contributed by atoms with van der Waals surface area (Å²) in [5.74, 6) is 2.18. The quantitative estimate of drug-likeness (QED) is 0.630. The van der Waals surface area contributed by atoms with E-state index in [0.29, 0.717) is 42.3 Å². The second-order valence-corrected chi connectivity index (χ2v) is 11.7. The Balaban J connectivity index is 1.33. The third kappa shape index (κ3) is 3.27. The van der Waals surface area contributed by atoms with Crippen LogP contribution in [-0.4, -0.2) is 35.5 Å². The molecule has 1 aliphatic heterocycles. The summed E-state index contributed by atoms with van der Waals surface area (Å²) in [6, 6.07) is 2.10. The lowest BCUT2D eigenvalue weighted by atomic mass is 9.47. The maximum absolute atomic E-state index is 13.8. The standard InChI is InChI=1S/C28H34N2O3/c29-15-18-12-21-17(13-24(18)31)6-7-19-20-8-10-28(16-30-11-3-5-26(30)33)9-2-1-4-23(28)27(20)25(32)14-22(19)21/h12,14,17,19-21,23,27H,1-11,13,16H2. The third-order valence-corrected chi connectivity index (χ3v) is 10.3. The Bertz CT molecular complexity index is 1000. The number of carbonyl (C=O) groups is 3. The van der Waals surface area contributed by atoms with Crippen LogP contribution in [0.4, 0.5) is 0 Å². The minimum Gasteiger partial charge on any atom is -0.342 e. The van der Waals surface area contributed by atoms with Gasteiger partial charge in [0.15, 0.2) is 11.6 Å².